The predicted octanol–water partition coefficient (Wildman–Crippen LogP) is 5.43. The van der Waals surface area contributed by atoms with E-state index in [-0.39, 0.29) is 18.6 Å². The van der Waals surface area contributed by atoms with Gasteiger partial charge in [-0.3, -0.25) is 9.36 Å². The van der Waals surface area contributed by atoms with E-state index in [9.17, 15) is 4.79 Å². The molecule has 4 rings (SSSR count). The van der Waals surface area contributed by atoms with Crippen LogP contribution >= 0.6 is 23.4 Å². The Morgan fingerprint density at radius 2 is 1.75 bits per heavy atom. The molecule has 0 aliphatic heterocycles. The molecule has 6 nitrogen and oxygen atoms in total. The van der Waals surface area contributed by atoms with Gasteiger partial charge in [0.05, 0.1) is 10.8 Å². The quantitative estimate of drug-likeness (QED) is 0.351. The number of para-hydroxylation sites is 2. The van der Waals surface area contributed by atoms with Crippen molar-refractivity contribution in [1.82, 2.24) is 20.1 Å². The summed E-state index contributed by atoms with van der Waals surface area (Å²) in [5.41, 5.74) is 0.918. The number of carbonyl (C=O) groups excluding carboxylic acids is 1. The van der Waals surface area contributed by atoms with E-state index < -0.39 is 0 Å². The fourth-order valence-electron chi connectivity index (χ4n) is 3.85. The van der Waals surface area contributed by atoms with Gasteiger partial charge < -0.3 is 10.1 Å². The summed E-state index contributed by atoms with van der Waals surface area (Å²) < 4.78 is 7.82. The number of nitrogens with one attached hydrogen (secondary N) is 1. The summed E-state index contributed by atoms with van der Waals surface area (Å²) in [6, 6.07) is 17.5. The molecule has 0 saturated heterocycles. The van der Waals surface area contributed by atoms with E-state index in [2.05, 4.69) is 15.5 Å². The molecule has 1 saturated carbocycles. The average Bonchev–Trinajstić information content (AvgIpc) is 3.04. The molecule has 3 aromatic rings. The minimum absolute atomic E-state index is 0.0402. The molecule has 0 radical (unpaired) electrons. The lowest BCUT2D eigenvalue weighted by molar-refractivity contribution is -0.119. The fraction of sp³-hybridized carbons (Fsp3) is 0.375. The van der Waals surface area contributed by atoms with Crippen LogP contribution in [0.15, 0.2) is 59.8 Å². The van der Waals surface area contributed by atoms with Gasteiger partial charge in [0, 0.05) is 11.7 Å². The molecule has 0 spiro atoms. The van der Waals surface area contributed by atoms with Gasteiger partial charge in [-0.15, -0.1) is 10.2 Å². The van der Waals surface area contributed by atoms with Gasteiger partial charge >= 0.3 is 0 Å². The normalized spacial score (nSPS) is 14.7. The van der Waals surface area contributed by atoms with Gasteiger partial charge in [-0.25, -0.2) is 0 Å². The highest BCUT2D eigenvalue weighted by Crippen LogP contribution is 2.26. The van der Waals surface area contributed by atoms with Crippen LogP contribution in [-0.2, 0) is 11.4 Å². The van der Waals surface area contributed by atoms with Gasteiger partial charge in [0.15, 0.2) is 11.0 Å². The highest BCUT2D eigenvalue weighted by atomic mass is 35.5. The molecule has 1 aliphatic carbocycles. The van der Waals surface area contributed by atoms with Crippen molar-refractivity contribution in [3.05, 3.63) is 65.4 Å². The molecule has 1 aromatic heterocycles. The Morgan fingerprint density at radius 1 is 1.03 bits per heavy atom. The van der Waals surface area contributed by atoms with Crippen LogP contribution in [0.25, 0.3) is 5.69 Å². The van der Waals surface area contributed by atoms with Crippen molar-refractivity contribution in [1.29, 1.82) is 0 Å². The second kappa shape index (κ2) is 11.4. The van der Waals surface area contributed by atoms with Gasteiger partial charge in [0.2, 0.25) is 5.91 Å². The zero-order valence-corrected chi connectivity index (χ0v) is 19.4. The van der Waals surface area contributed by atoms with Gasteiger partial charge in [-0.05, 0) is 37.1 Å². The van der Waals surface area contributed by atoms with Gasteiger partial charge in [-0.1, -0.05) is 79.4 Å². The van der Waals surface area contributed by atoms with Crippen LogP contribution in [0.5, 0.6) is 5.75 Å². The minimum atomic E-state index is 0.0402. The van der Waals surface area contributed by atoms with Crippen LogP contribution in [0.2, 0.25) is 5.02 Å². The van der Waals surface area contributed by atoms with Crippen molar-refractivity contribution in [2.75, 3.05) is 5.75 Å². The summed E-state index contributed by atoms with van der Waals surface area (Å²) in [7, 11) is 0. The lowest BCUT2D eigenvalue weighted by atomic mass is 10.1. The first-order valence-electron chi connectivity index (χ1n) is 11.0. The summed E-state index contributed by atoms with van der Waals surface area (Å²) in [5.74, 6) is 1.57. The van der Waals surface area contributed by atoms with Crippen molar-refractivity contribution in [3.63, 3.8) is 0 Å². The van der Waals surface area contributed by atoms with E-state index >= 15 is 0 Å². The van der Waals surface area contributed by atoms with Gasteiger partial charge in [0.25, 0.3) is 0 Å². The number of carbonyl (C=O) groups is 1. The molecular formula is C24H27ClN4O2S. The van der Waals surface area contributed by atoms with Crippen molar-refractivity contribution in [2.24, 2.45) is 0 Å². The third-order valence-electron chi connectivity index (χ3n) is 5.46. The maximum absolute atomic E-state index is 12.6. The predicted molar refractivity (Wildman–Crippen MR) is 127 cm³/mol. The third kappa shape index (κ3) is 6.04. The lowest BCUT2D eigenvalue weighted by Gasteiger charge is -2.16. The van der Waals surface area contributed by atoms with E-state index in [1.807, 2.05) is 53.1 Å². The number of hydrogen-bond acceptors (Lipinski definition) is 5. The zero-order valence-electron chi connectivity index (χ0n) is 17.9. The molecule has 0 bridgehead atoms. The van der Waals surface area contributed by atoms with E-state index in [0.29, 0.717) is 27.5 Å². The van der Waals surface area contributed by atoms with Crippen molar-refractivity contribution < 1.29 is 9.53 Å². The maximum atomic E-state index is 12.6. The van der Waals surface area contributed by atoms with Gasteiger partial charge in [0.1, 0.15) is 12.4 Å². The first-order chi connectivity index (χ1) is 15.7. The lowest BCUT2D eigenvalue weighted by Crippen LogP contribution is -2.35. The zero-order chi connectivity index (χ0) is 22.2. The number of halogens is 1. The van der Waals surface area contributed by atoms with Crippen LogP contribution < -0.4 is 10.1 Å². The Bertz CT molecular complexity index is 1020. The largest absolute Gasteiger partial charge is 0.484 e. The molecule has 1 amide bonds. The van der Waals surface area contributed by atoms with Crippen molar-refractivity contribution >= 4 is 29.3 Å². The smallest absolute Gasteiger partial charge is 0.230 e. The fourth-order valence-corrected chi connectivity index (χ4v) is 4.82. The molecule has 0 atom stereocenters. The first-order valence-corrected chi connectivity index (χ1v) is 12.4. The van der Waals surface area contributed by atoms with E-state index in [0.717, 1.165) is 18.5 Å². The average molecular weight is 471 g/mol. The highest BCUT2D eigenvalue weighted by Gasteiger charge is 2.19. The van der Waals surface area contributed by atoms with E-state index in [1.165, 1.54) is 37.4 Å². The first kappa shape index (κ1) is 22.7. The van der Waals surface area contributed by atoms with Crippen LogP contribution in [0.3, 0.4) is 0 Å². The number of ether oxygens (including phenoxy) is 1. The van der Waals surface area contributed by atoms with Crippen LogP contribution in [0, 0.1) is 0 Å². The summed E-state index contributed by atoms with van der Waals surface area (Å²) in [6.45, 7) is 0.209. The summed E-state index contributed by atoms with van der Waals surface area (Å²) in [4.78, 5) is 12.6. The molecule has 1 fully saturated rings. The molecule has 1 heterocycles. The second-order valence-electron chi connectivity index (χ2n) is 7.83. The molecule has 32 heavy (non-hydrogen) atoms. The molecule has 0 unspecified atom stereocenters. The number of aromatic nitrogens is 3. The number of rotatable bonds is 8. The Morgan fingerprint density at radius 3 is 2.50 bits per heavy atom. The molecule has 2 aromatic carbocycles. The molecule has 8 heteroatoms. The third-order valence-corrected chi connectivity index (χ3v) is 6.70. The van der Waals surface area contributed by atoms with Crippen LogP contribution in [-0.4, -0.2) is 32.5 Å². The minimum Gasteiger partial charge on any atom is -0.484 e. The molecule has 168 valence electrons. The second-order valence-corrected chi connectivity index (χ2v) is 9.18. The highest BCUT2D eigenvalue weighted by molar-refractivity contribution is 7.99. The Hall–Kier alpha value is -2.51. The van der Waals surface area contributed by atoms with Crippen molar-refractivity contribution in [2.45, 2.75) is 56.3 Å². The Kier molecular flexibility index (Phi) is 8.07. The Labute approximate surface area is 197 Å². The maximum Gasteiger partial charge on any atom is 0.230 e. The molecular weight excluding hydrogens is 444 g/mol. The monoisotopic (exact) mass is 470 g/mol. The number of hydrogen-bond donors (Lipinski definition) is 1. The summed E-state index contributed by atoms with van der Waals surface area (Å²) >= 11 is 7.60. The molecule has 1 N–H and O–H groups in total. The van der Waals surface area contributed by atoms with Crippen molar-refractivity contribution in [3.8, 4) is 11.4 Å². The van der Waals surface area contributed by atoms with Gasteiger partial charge in [-0.2, -0.15) is 0 Å². The number of benzene rings is 2. The van der Waals surface area contributed by atoms with Crippen LogP contribution in [0.4, 0.5) is 0 Å². The number of thioether (sulfide) groups is 1. The SMILES string of the molecule is O=C(CSc1nnc(COc2ccccc2Cl)n1-c1ccccc1)NC1CCCCCC1. The topological polar surface area (TPSA) is 69.0 Å². The van der Waals surface area contributed by atoms with E-state index in [1.54, 1.807) is 6.07 Å². The summed E-state index contributed by atoms with van der Waals surface area (Å²) in [6.07, 6.45) is 7.05. The van der Waals surface area contributed by atoms with E-state index in [4.69, 9.17) is 16.3 Å². The van der Waals surface area contributed by atoms with Crippen LogP contribution in [0.1, 0.15) is 44.3 Å². The number of nitrogens with zero attached hydrogens (tertiary/aromatic N) is 3. The summed E-state index contributed by atoms with van der Waals surface area (Å²) in [5, 5.41) is 13.1. The molecule has 1 aliphatic rings. The number of amides is 1. The Balaban J connectivity index is 1.45. The standard InChI is InChI=1S/C24H27ClN4O2S/c25-20-14-8-9-15-21(20)31-16-22-27-28-24(29(22)19-12-6-3-7-13-19)32-17-23(30)26-18-10-4-1-2-5-11-18/h3,6-9,12-15,18H,1-2,4-5,10-11,16-17H2,(H,26,30).